The van der Waals surface area contributed by atoms with E-state index in [1.165, 1.54) is 16.0 Å². The molecule has 3 aromatic rings. The molecule has 61 heavy (non-hydrogen) atoms. The third kappa shape index (κ3) is 9.12. The van der Waals surface area contributed by atoms with Crippen LogP contribution in [0.1, 0.15) is 68.7 Å². The van der Waals surface area contributed by atoms with E-state index < -0.39 is 83.7 Å². The van der Waals surface area contributed by atoms with Gasteiger partial charge in [-0.15, -0.1) is 0 Å². The van der Waals surface area contributed by atoms with Crippen molar-refractivity contribution in [1.82, 2.24) is 20.6 Å². The first-order valence-electron chi connectivity index (χ1n) is 20.6. The van der Waals surface area contributed by atoms with E-state index in [2.05, 4.69) is 10.6 Å². The van der Waals surface area contributed by atoms with Crippen LogP contribution in [0, 0.1) is 5.41 Å². The first-order chi connectivity index (χ1) is 29.1. The summed E-state index contributed by atoms with van der Waals surface area (Å²) in [5.74, 6) is -3.67. The topological polar surface area (TPSA) is 182 Å². The Morgan fingerprint density at radius 3 is 2.26 bits per heavy atom. The van der Waals surface area contributed by atoms with Crippen molar-refractivity contribution in [1.29, 1.82) is 0 Å². The molecule has 3 N–H and O–H groups in total. The van der Waals surface area contributed by atoms with Crippen molar-refractivity contribution in [2.45, 2.75) is 101 Å². The highest BCUT2D eigenvalue weighted by Gasteiger charge is 2.76. The number of likely N-dealkylation sites (N-methyl/N-ethyl adjacent to an activating group) is 1. The third-order valence-electron chi connectivity index (χ3n) is 11.4. The maximum atomic E-state index is 14.8. The number of carbonyl (C=O) groups excluding carboxylic acids is 5. The fourth-order valence-corrected chi connectivity index (χ4v) is 8.63. The van der Waals surface area contributed by atoms with Crippen molar-refractivity contribution in [3.8, 4) is 0 Å². The molecular formula is C46H54N4O11. The Hall–Kier alpha value is -5.45. The number of aliphatic hydroxyl groups excluding tert-OH is 1. The van der Waals surface area contributed by atoms with Crippen LogP contribution in [-0.4, -0.2) is 114 Å². The van der Waals surface area contributed by atoms with Gasteiger partial charge in [-0.25, -0.2) is 0 Å². The number of fused-ring (bicyclic) bond motifs is 4. The van der Waals surface area contributed by atoms with E-state index in [4.69, 9.17) is 23.8 Å². The van der Waals surface area contributed by atoms with Crippen molar-refractivity contribution in [3.05, 3.63) is 113 Å². The molecule has 1 saturated carbocycles. The van der Waals surface area contributed by atoms with Crippen LogP contribution in [0.3, 0.4) is 0 Å². The van der Waals surface area contributed by atoms with Gasteiger partial charge in [0, 0.05) is 57.1 Å². The summed E-state index contributed by atoms with van der Waals surface area (Å²) in [6.07, 6.45) is -0.377. The lowest BCUT2D eigenvalue weighted by Gasteiger charge is -2.48. The van der Waals surface area contributed by atoms with E-state index in [9.17, 15) is 29.1 Å². The average molecular weight is 839 g/mol. The van der Waals surface area contributed by atoms with Gasteiger partial charge in [-0.2, -0.15) is 5.06 Å². The molecule has 3 heterocycles. The highest BCUT2D eigenvalue weighted by atomic mass is 16.8. The van der Waals surface area contributed by atoms with Crippen LogP contribution < -0.4 is 10.6 Å². The molecule has 7 atom stereocenters. The molecule has 3 aromatic carbocycles. The molecule has 0 unspecified atom stereocenters. The highest BCUT2D eigenvalue weighted by molar-refractivity contribution is 5.94. The number of rotatable bonds is 15. The Kier molecular flexibility index (Phi) is 12.8. The number of nitrogens with one attached hydrogen (secondary N) is 2. The van der Waals surface area contributed by atoms with Crippen molar-refractivity contribution >= 4 is 35.7 Å². The summed E-state index contributed by atoms with van der Waals surface area (Å²) in [5, 5.41) is 17.1. The van der Waals surface area contributed by atoms with Crippen LogP contribution >= 0.6 is 0 Å². The highest BCUT2D eigenvalue weighted by Crippen LogP contribution is 2.59. The van der Waals surface area contributed by atoms with E-state index in [0.29, 0.717) is 11.1 Å². The minimum absolute atomic E-state index is 0.000520. The smallest absolute Gasteiger partial charge is 0.327 e. The Balaban J connectivity index is 1.15. The maximum Gasteiger partial charge on any atom is 0.327 e. The number of hydroxylamine groups is 2. The number of amides is 3. The van der Waals surface area contributed by atoms with Gasteiger partial charge in [-0.3, -0.25) is 28.8 Å². The zero-order valence-corrected chi connectivity index (χ0v) is 35.1. The molecular weight excluding hydrogens is 785 g/mol. The molecule has 2 bridgehead atoms. The molecule has 3 saturated heterocycles. The van der Waals surface area contributed by atoms with Gasteiger partial charge >= 0.3 is 11.9 Å². The van der Waals surface area contributed by atoms with Gasteiger partial charge in [0.25, 0.3) is 0 Å². The Morgan fingerprint density at radius 2 is 1.62 bits per heavy atom. The predicted octanol–water partition coefficient (Wildman–Crippen LogP) is 3.38. The minimum atomic E-state index is -1.53. The monoisotopic (exact) mass is 838 g/mol. The number of aliphatic hydroxyl groups is 1. The molecule has 1 aliphatic carbocycles. The van der Waals surface area contributed by atoms with Crippen molar-refractivity contribution in [2.24, 2.45) is 5.41 Å². The Labute approximate surface area is 355 Å². The van der Waals surface area contributed by atoms with Crippen LogP contribution in [0.25, 0.3) is 6.08 Å². The van der Waals surface area contributed by atoms with Gasteiger partial charge in [0.15, 0.2) is 6.04 Å². The van der Waals surface area contributed by atoms with Crippen molar-refractivity contribution < 1.29 is 52.9 Å². The molecule has 3 amide bonds. The summed E-state index contributed by atoms with van der Waals surface area (Å²) in [6, 6.07) is 24.4. The number of hydrogen-bond acceptors (Lipinski definition) is 12. The number of hydrogen-bond donors (Lipinski definition) is 3. The number of ether oxygens (including phenoxy) is 4. The van der Waals surface area contributed by atoms with Crippen LogP contribution in [0.15, 0.2) is 91.0 Å². The summed E-state index contributed by atoms with van der Waals surface area (Å²) < 4.78 is 25.5. The SMILES string of the molecule is CN(C)C(=O)C=Cc1cccc(CN2O[C@@H]3[C@H]4OC(c5ccccc5)(c5ccccc5)O[C@H]4[C@H]4C[C@]3(C(=O)NCCC(=O)N[C@H](CO)CCC(=O)OC(C)(C)C)[C@@H]2C(=O)O4)c1. The second kappa shape index (κ2) is 17.9. The summed E-state index contributed by atoms with van der Waals surface area (Å²) in [5.41, 5.74) is 0.714. The molecule has 7 rings (SSSR count). The molecule has 324 valence electrons. The van der Waals surface area contributed by atoms with Crippen LogP contribution in [-0.2, 0) is 60.1 Å². The van der Waals surface area contributed by atoms with Gasteiger partial charge in [-0.05, 0) is 44.4 Å². The third-order valence-corrected chi connectivity index (χ3v) is 11.4. The number of carbonyl (C=O) groups is 5. The standard InChI is InChI=1S/C46H54N4O11/c1-44(2,3)58-37(54)22-20-33(28-51)48-35(52)23-24-47-43(56)45-26-34-38-39(60-46(59-38,31-15-8-6-9-16-31)32-17-10-7-11-18-32)41(45)61-50(40(45)42(55)57-34)27-30-14-12-13-29(25-30)19-21-36(53)49(4)5/h6-19,21,25,33-34,38-41,51H,20,22-24,26-28H2,1-5H3,(H,47,56)(H,48,52)/t33-,34+,38-,39-,40-,41+,45-/m0/s1. The van der Waals surface area contributed by atoms with Crippen molar-refractivity contribution in [3.63, 3.8) is 0 Å². The van der Waals surface area contributed by atoms with Gasteiger partial charge in [0.1, 0.15) is 35.4 Å². The van der Waals surface area contributed by atoms with Gasteiger partial charge < -0.3 is 39.6 Å². The molecule has 15 heteroatoms. The molecule has 3 aliphatic heterocycles. The summed E-state index contributed by atoms with van der Waals surface area (Å²) >= 11 is 0. The van der Waals surface area contributed by atoms with Crippen LogP contribution in [0.5, 0.6) is 0 Å². The molecule has 4 fully saturated rings. The van der Waals surface area contributed by atoms with Gasteiger partial charge in [-0.1, -0.05) is 84.9 Å². The number of nitrogens with zero attached hydrogens (tertiary/aromatic N) is 2. The lowest BCUT2D eigenvalue weighted by molar-refractivity contribution is -0.213. The molecule has 0 radical (unpaired) electrons. The van der Waals surface area contributed by atoms with E-state index in [1.54, 1.807) is 40.9 Å². The van der Waals surface area contributed by atoms with E-state index in [1.807, 2.05) is 84.9 Å². The quantitative estimate of drug-likeness (QED) is 0.150. The van der Waals surface area contributed by atoms with E-state index >= 15 is 0 Å². The normalized spacial score (nSPS) is 25.6. The Bertz CT molecular complexity index is 2080. The average Bonchev–Trinajstić information content (AvgIpc) is 3.81. The second-order valence-electron chi connectivity index (χ2n) is 17.1. The van der Waals surface area contributed by atoms with Crippen LogP contribution in [0.4, 0.5) is 0 Å². The second-order valence-corrected chi connectivity index (χ2v) is 17.1. The lowest BCUT2D eigenvalue weighted by atomic mass is 9.62. The summed E-state index contributed by atoms with van der Waals surface area (Å²) in [4.78, 5) is 75.0. The fourth-order valence-electron chi connectivity index (χ4n) is 8.63. The molecule has 0 aromatic heterocycles. The summed E-state index contributed by atoms with van der Waals surface area (Å²) in [7, 11) is 3.33. The first kappa shape index (κ1) is 43.6. The van der Waals surface area contributed by atoms with E-state index in [-0.39, 0.29) is 44.7 Å². The van der Waals surface area contributed by atoms with Crippen LogP contribution in [0.2, 0.25) is 0 Å². The van der Waals surface area contributed by atoms with Gasteiger partial charge in [0.05, 0.1) is 19.2 Å². The largest absolute Gasteiger partial charge is 0.460 e. The van der Waals surface area contributed by atoms with Gasteiger partial charge in [0.2, 0.25) is 23.5 Å². The first-order valence-corrected chi connectivity index (χ1v) is 20.6. The van der Waals surface area contributed by atoms with E-state index in [0.717, 1.165) is 11.1 Å². The summed E-state index contributed by atoms with van der Waals surface area (Å²) in [6.45, 7) is 4.86. The number of benzene rings is 3. The fraction of sp³-hybridized carbons (Fsp3) is 0.457. The zero-order chi connectivity index (χ0) is 43.5. The molecule has 0 spiro atoms. The molecule has 15 nitrogen and oxygen atoms in total. The number of esters is 2. The van der Waals surface area contributed by atoms with Crippen molar-refractivity contribution in [2.75, 3.05) is 27.2 Å². The predicted molar refractivity (Wildman–Crippen MR) is 220 cm³/mol. The maximum absolute atomic E-state index is 14.8. The minimum Gasteiger partial charge on any atom is -0.460 e. The molecule has 4 aliphatic rings. The zero-order valence-electron chi connectivity index (χ0n) is 35.1. The lowest BCUT2D eigenvalue weighted by Crippen LogP contribution is -2.69. The Morgan fingerprint density at radius 1 is 0.951 bits per heavy atom.